The first-order valence-electron chi connectivity index (χ1n) is 9.56. The molecule has 1 amide bonds. The first-order valence-corrected chi connectivity index (χ1v) is 9.56. The van der Waals surface area contributed by atoms with Gasteiger partial charge in [-0.15, -0.1) is 0 Å². The van der Waals surface area contributed by atoms with Gasteiger partial charge in [0.2, 0.25) is 0 Å². The molecule has 1 aliphatic heterocycles. The van der Waals surface area contributed by atoms with Gasteiger partial charge in [0.15, 0.2) is 0 Å². The number of anilines is 1. The fourth-order valence-corrected chi connectivity index (χ4v) is 3.57. The minimum atomic E-state index is 0.0223. The van der Waals surface area contributed by atoms with Crippen molar-refractivity contribution in [2.24, 2.45) is 0 Å². The normalized spacial score (nSPS) is 14.0. The standard InChI is InChI=1S/C20H26N6O/c1-21-6-2-8-25-14-17(13-24-25)23-12-15-4-5-16-11-19-20(27)22-7-3-9-26(19)18(16)10-15/h4-5,10-11,13-14,21,23H,2-3,6-9,12H2,1H3,(H,22,27). The third-order valence-electron chi connectivity index (χ3n) is 4.99. The zero-order valence-electron chi connectivity index (χ0n) is 15.7. The molecule has 4 rings (SSSR count). The highest BCUT2D eigenvalue weighted by atomic mass is 16.1. The maximum Gasteiger partial charge on any atom is 0.267 e. The summed E-state index contributed by atoms with van der Waals surface area (Å²) in [6, 6.07) is 8.39. The minimum Gasteiger partial charge on any atom is -0.378 e. The number of hydrogen-bond donors (Lipinski definition) is 3. The summed E-state index contributed by atoms with van der Waals surface area (Å²) in [7, 11) is 1.96. The van der Waals surface area contributed by atoms with Crippen molar-refractivity contribution >= 4 is 22.5 Å². The second kappa shape index (κ2) is 7.84. The Labute approximate surface area is 158 Å². The third kappa shape index (κ3) is 3.83. The molecule has 2 aromatic heterocycles. The summed E-state index contributed by atoms with van der Waals surface area (Å²) in [4.78, 5) is 12.2. The number of benzene rings is 1. The maximum absolute atomic E-state index is 12.2. The molecule has 1 aliphatic rings. The lowest BCUT2D eigenvalue weighted by Gasteiger charge is -2.08. The topological polar surface area (TPSA) is 75.9 Å². The van der Waals surface area contributed by atoms with Crippen molar-refractivity contribution in [1.82, 2.24) is 25.0 Å². The zero-order valence-corrected chi connectivity index (χ0v) is 15.7. The molecule has 0 fully saturated rings. The van der Waals surface area contributed by atoms with Crippen LogP contribution in [0.25, 0.3) is 10.9 Å². The number of fused-ring (bicyclic) bond motifs is 3. The van der Waals surface area contributed by atoms with Crippen LogP contribution in [-0.4, -0.2) is 40.4 Å². The van der Waals surface area contributed by atoms with Crippen LogP contribution in [-0.2, 0) is 19.6 Å². The lowest BCUT2D eigenvalue weighted by molar-refractivity contribution is 0.0951. The second-order valence-corrected chi connectivity index (χ2v) is 6.99. The van der Waals surface area contributed by atoms with Crippen LogP contribution in [0.15, 0.2) is 36.7 Å². The SMILES string of the molecule is CNCCCn1cc(NCc2ccc3cc4n(c3c2)CCCNC4=O)cn1. The molecule has 0 saturated carbocycles. The molecular formula is C20H26N6O. The molecule has 3 N–H and O–H groups in total. The Kier molecular flexibility index (Phi) is 5.11. The van der Waals surface area contributed by atoms with E-state index in [1.54, 1.807) is 0 Å². The van der Waals surface area contributed by atoms with Crippen LogP contribution in [0.4, 0.5) is 5.69 Å². The third-order valence-corrected chi connectivity index (χ3v) is 4.99. The first kappa shape index (κ1) is 17.6. The van der Waals surface area contributed by atoms with Crippen molar-refractivity contribution in [3.63, 3.8) is 0 Å². The molecule has 0 atom stereocenters. The molecule has 0 aliphatic carbocycles. The number of aryl methyl sites for hydroxylation is 2. The Hall–Kier alpha value is -2.80. The molecule has 0 radical (unpaired) electrons. The van der Waals surface area contributed by atoms with Gasteiger partial charge in [-0.2, -0.15) is 5.10 Å². The Morgan fingerprint density at radius 1 is 1.30 bits per heavy atom. The predicted octanol–water partition coefficient (Wildman–Crippen LogP) is 2.19. The van der Waals surface area contributed by atoms with Gasteiger partial charge in [0.1, 0.15) is 5.69 Å². The van der Waals surface area contributed by atoms with E-state index in [0.29, 0.717) is 0 Å². The molecule has 0 spiro atoms. The first-order chi connectivity index (χ1) is 13.2. The lowest BCUT2D eigenvalue weighted by atomic mass is 10.1. The second-order valence-electron chi connectivity index (χ2n) is 6.99. The highest BCUT2D eigenvalue weighted by molar-refractivity contribution is 5.99. The number of carbonyl (C=O) groups excluding carboxylic acids is 1. The molecule has 7 heteroatoms. The van der Waals surface area contributed by atoms with Crippen LogP contribution >= 0.6 is 0 Å². The van der Waals surface area contributed by atoms with Crippen molar-refractivity contribution < 1.29 is 4.79 Å². The Balaban J connectivity index is 1.46. The van der Waals surface area contributed by atoms with Gasteiger partial charge in [0.25, 0.3) is 5.91 Å². The van der Waals surface area contributed by atoms with Crippen LogP contribution in [0.3, 0.4) is 0 Å². The zero-order chi connectivity index (χ0) is 18.6. The molecule has 3 aromatic rings. The van der Waals surface area contributed by atoms with Crippen molar-refractivity contribution in [3.05, 3.63) is 47.9 Å². The van der Waals surface area contributed by atoms with Crippen molar-refractivity contribution in [2.75, 3.05) is 25.5 Å². The number of amides is 1. The quantitative estimate of drug-likeness (QED) is 0.560. The number of hydrogen-bond acceptors (Lipinski definition) is 4. The average Bonchev–Trinajstić information content (AvgIpc) is 3.23. The van der Waals surface area contributed by atoms with E-state index in [1.807, 2.05) is 30.2 Å². The smallest absolute Gasteiger partial charge is 0.267 e. The minimum absolute atomic E-state index is 0.0223. The van der Waals surface area contributed by atoms with Crippen molar-refractivity contribution in [2.45, 2.75) is 32.5 Å². The summed E-state index contributed by atoms with van der Waals surface area (Å²) in [5.41, 5.74) is 4.10. The largest absolute Gasteiger partial charge is 0.378 e. The van der Waals surface area contributed by atoms with Gasteiger partial charge < -0.3 is 20.5 Å². The molecule has 0 saturated heterocycles. The monoisotopic (exact) mass is 366 g/mol. The molecule has 142 valence electrons. The molecule has 27 heavy (non-hydrogen) atoms. The molecule has 1 aromatic carbocycles. The van der Waals surface area contributed by atoms with Gasteiger partial charge in [-0.1, -0.05) is 12.1 Å². The Bertz CT molecular complexity index is 941. The van der Waals surface area contributed by atoms with Gasteiger partial charge in [-0.25, -0.2) is 0 Å². The Morgan fingerprint density at radius 3 is 3.11 bits per heavy atom. The van der Waals surface area contributed by atoms with Crippen LogP contribution < -0.4 is 16.0 Å². The van der Waals surface area contributed by atoms with Crippen molar-refractivity contribution in [3.8, 4) is 0 Å². The summed E-state index contributed by atoms with van der Waals surface area (Å²) in [5, 5.41) is 15.1. The highest BCUT2D eigenvalue weighted by Gasteiger charge is 2.18. The number of aromatic nitrogens is 3. The summed E-state index contributed by atoms with van der Waals surface area (Å²) in [6.07, 6.45) is 5.92. The number of carbonyl (C=O) groups is 1. The predicted molar refractivity (Wildman–Crippen MR) is 107 cm³/mol. The molecule has 3 heterocycles. The van der Waals surface area contributed by atoms with E-state index in [9.17, 15) is 4.79 Å². The molecule has 0 bridgehead atoms. The average molecular weight is 366 g/mol. The van der Waals surface area contributed by atoms with E-state index in [2.05, 4.69) is 43.8 Å². The summed E-state index contributed by atoms with van der Waals surface area (Å²) < 4.78 is 4.11. The lowest BCUT2D eigenvalue weighted by Crippen LogP contribution is -2.22. The maximum atomic E-state index is 12.2. The van der Waals surface area contributed by atoms with Gasteiger partial charge in [0.05, 0.1) is 11.9 Å². The number of rotatable bonds is 7. The van der Waals surface area contributed by atoms with Crippen LogP contribution in [0.5, 0.6) is 0 Å². The summed E-state index contributed by atoms with van der Waals surface area (Å²) in [5.74, 6) is 0.0223. The fraction of sp³-hybridized carbons (Fsp3) is 0.400. The van der Waals surface area contributed by atoms with Crippen LogP contribution in [0, 0.1) is 0 Å². The van der Waals surface area contributed by atoms with Gasteiger partial charge in [-0.3, -0.25) is 9.48 Å². The van der Waals surface area contributed by atoms with E-state index >= 15 is 0 Å². The van der Waals surface area contributed by atoms with E-state index in [1.165, 1.54) is 5.56 Å². The van der Waals surface area contributed by atoms with Gasteiger partial charge in [0, 0.05) is 43.3 Å². The Morgan fingerprint density at radius 2 is 2.22 bits per heavy atom. The number of nitrogens with zero attached hydrogens (tertiary/aromatic N) is 3. The van der Waals surface area contributed by atoms with Crippen molar-refractivity contribution in [1.29, 1.82) is 0 Å². The van der Waals surface area contributed by atoms with Gasteiger partial charge in [-0.05, 0) is 44.1 Å². The van der Waals surface area contributed by atoms with E-state index in [-0.39, 0.29) is 5.91 Å². The van der Waals surface area contributed by atoms with E-state index < -0.39 is 0 Å². The van der Waals surface area contributed by atoms with E-state index in [4.69, 9.17) is 0 Å². The van der Waals surface area contributed by atoms with Crippen LogP contribution in [0.2, 0.25) is 0 Å². The summed E-state index contributed by atoms with van der Waals surface area (Å²) >= 11 is 0. The highest BCUT2D eigenvalue weighted by Crippen LogP contribution is 2.23. The number of nitrogens with one attached hydrogen (secondary N) is 3. The molecule has 7 nitrogen and oxygen atoms in total. The molecule has 0 unspecified atom stereocenters. The summed E-state index contributed by atoms with van der Waals surface area (Å²) in [6.45, 7) is 4.23. The fourth-order valence-electron chi connectivity index (χ4n) is 3.57. The van der Waals surface area contributed by atoms with E-state index in [0.717, 1.165) is 67.8 Å². The van der Waals surface area contributed by atoms with Gasteiger partial charge >= 0.3 is 0 Å². The van der Waals surface area contributed by atoms with Crippen LogP contribution in [0.1, 0.15) is 28.9 Å². The molecular weight excluding hydrogens is 340 g/mol.